The summed E-state index contributed by atoms with van der Waals surface area (Å²) in [4.78, 5) is 11.0. The van der Waals surface area contributed by atoms with Crippen LogP contribution in [0.3, 0.4) is 0 Å². The first kappa shape index (κ1) is 13.6. The van der Waals surface area contributed by atoms with E-state index in [1.54, 1.807) is 6.07 Å². The van der Waals surface area contributed by atoms with Gasteiger partial charge in [0, 0.05) is 0 Å². The van der Waals surface area contributed by atoms with Crippen molar-refractivity contribution in [2.24, 2.45) is 0 Å². The Hall–Kier alpha value is -1.81. The first-order valence-corrected chi connectivity index (χ1v) is 6.57. The van der Waals surface area contributed by atoms with Crippen LogP contribution in [0, 0.1) is 6.92 Å². The fourth-order valence-electron chi connectivity index (χ4n) is 1.70. The molecule has 0 aliphatic heterocycles. The number of carbonyl (C=O) groups is 1. The molecule has 0 spiro atoms. The maximum absolute atomic E-state index is 11.0. The van der Waals surface area contributed by atoms with Crippen LogP contribution in [0.1, 0.15) is 21.5 Å². The number of aryl methyl sites for hydroxylation is 1. The van der Waals surface area contributed by atoms with Gasteiger partial charge < -0.3 is 9.84 Å². The molecular weight excluding hydrogens is 308 g/mol. The Balaban J connectivity index is 2.22. The molecule has 4 heteroatoms. The van der Waals surface area contributed by atoms with Gasteiger partial charge in [-0.25, -0.2) is 4.79 Å². The minimum absolute atomic E-state index is 0.226. The summed E-state index contributed by atoms with van der Waals surface area (Å²) in [6.07, 6.45) is 0. The molecule has 1 N–H and O–H groups in total. The molecular formula is C15H13BrO3. The lowest BCUT2D eigenvalue weighted by molar-refractivity contribution is 0.0696. The zero-order valence-electron chi connectivity index (χ0n) is 10.4. The van der Waals surface area contributed by atoms with Gasteiger partial charge in [0.15, 0.2) is 0 Å². The number of hydrogen-bond donors (Lipinski definition) is 1. The van der Waals surface area contributed by atoms with Gasteiger partial charge in [0.1, 0.15) is 12.4 Å². The van der Waals surface area contributed by atoms with Gasteiger partial charge in [-0.1, -0.05) is 30.3 Å². The highest BCUT2D eigenvalue weighted by atomic mass is 79.9. The Morgan fingerprint density at radius 3 is 2.58 bits per heavy atom. The van der Waals surface area contributed by atoms with Crippen LogP contribution >= 0.6 is 15.9 Å². The van der Waals surface area contributed by atoms with E-state index in [0.717, 1.165) is 15.6 Å². The van der Waals surface area contributed by atoms with E-state index in [-0.39, 0.29) is 5.56 Å². The van der Waals surface area contributed by atoms with Crippen LogP contribution in [0.5, 0.6) is 5.75 Å². The van der Waals surface area contributed by atoms with Crippen LogP contribution in [-0.2, 0) is 6.61 Å². The number of carboxylic acids is 1. The molecule has 0 aliphatic rings. The predicted octanol–water partition coefficient (Wildman–Crippen LogP) is 4.03. The third-order valence-corrected chi connectivity index (χ3v) is 3.72. The van der Waals surface area contributed by atoms with Crippen molar-refractivity contribution in [2.75, 3.05) is 0 Å². The summed E-state index contributed by atoms with van der Waals surface area (Å²) in [6.45, 7) is 2.24. The molecule has 3 nitrogen and oxygen atoms in total. The number of ether oxygens (including phenoxy) is 1. The molecule has 0 aliphatic carbocycles. The van der Waals surface area contributed by atoms with E-state index < -0.39 is 5.97 Å². The van der Waals surface area contributed by atoms with Gasteiger partial charge in [-0.2, -0.15) is 0 Å². The number of halogens is 1. The van der Waals surface area contributed by atoms with E-state index in [2.05, 4.69) is 15.9 Å². The maximum Gasteiger partial charge on any atom is 0.335 e. The van der Waals surface area contributed by atoms with Crippen LogP contribution in [0.2, 0.25) is 0 Å². The number of aromatic carboxylic acids is 1. The van der Waals surface area contributed by atoms with Crippen molar-refractivity contribution >= 4 is 21.9 Å². The molecule has 0 fully saturated rings. The molecule has 2 aromatic carbocycles. The zero-order chi connectivity index (χ0) is 13.8. The van der Waals surface area contributed by atoms with Gasteiger partial charge in [-0.15, -0.1) is 0 Å². The third kappa shape index (κ3) is 3.35. The van der Waals surface area contributed by atoms with Crippen LogP contribution in [0.15, 0.2) is 46.9 Å². The summed E-state index contributed by atoms with van der Waals surface area (Å²) in [5.74, 6) is -0.415. The summed E-state index contributed by atoms with van der Waals surface area (Å²) >= 11 is 3.42. The zero-order valence-corrected chi connectivity index (χ0v) is 12.0. The molecule has 2 rings (SSSR count). The second kappa shape index (κ2) is 5.89. The van der Waals surface area contributed by atoms with E-state index >= 15 is 0 Å². The molecule has 98 valence electrons. The molecule has 19 heavy (non-hydrogen) atoms. The Kier molecular flexibility index (Phi) is 4.22. The van der Waals surface area contributed by atoms with Crippen molar-refractivity contribution in [1.29, 1.82) is 0 Å². The van der Waals surface area contributed by atoms with Crippen molar-refractivity contribution in [2.45, 2.75) is 13.5 Å². The van der Waals surface area contributed by atoms with Crippen molar-refractivity contribution in [3.8, 4) is 5.75 Å². The van der Waals surface area contributed by atoms with E-state index in [9.17, 15) is 4.79 Å². The normalized spacial score (nSPS) is 10.2. The molecule has 0 atom stereocenters. The molecule has 0 amide bonds. The van der Waals surface area contributed by atoms with Crippen molar-refractivity contribution < 1.29 is 14.6 Å². The fraction of sp³-hybridized carbons (Fsp3) is 0.133. The molecule has 2 aromatic rings. The predicted molar refractivity (Wildman–Crippen MR) is 76.6 cm³/mol. The Morgan fingerprint density at radius 1 is 1.26 bits per heavy atom. The SMILES string of the molecule is Cc1cc(C(=O)O)cc(OCc2ccccc2)c1Br. The Bertz CT molecular complexity index is 594. The molecule has 0 unspecified atom stereocenters. The number of benzene rings is 2. The highest BCUT2D eigenvalue weighted by molar-refractivity contribution is 9.10. The minimum Gasteiger partial charge on any atom is -0.488 e. The molecule has 0 radical (unpaired) electrons. The molecule has 0 heterocycles. The minimum atomic E-state index is -0.958. The largest absolute Gasteiger partial charge is 0.488 e. The topological polar surface area (TPSA) is 46.5 Å². The Labute approximate surface area is 120 Å². The summed E-state index contributed by atoms with van der Waals surface area (Å²) < 4.78 is 6.47. The molecule has 0 saturated heterocycles. The molecule has 0 bridgehead atoms. The van der Waals surface area contributed by atoms with Gasteiger partial charge in [-0.05, 0) is 46.1 Å². The lowest BCUT2D eigenvalue weighted by Crippen LogP contribution is -2.01. The second-order valence-electron chi connectivity index (χ2n) is 4.18. The van der Waals surface area contributed by atoms with Crippen LogP contribution in [0.25, 0.3) is 0 Å². The second-order valence-corrected chi connectivity index (χ2v) is 4.98. The van der Waals surface area contributed by atoms with E-state index in [0.29, 0.717) is 12.4 Å². The quantitative estimate of drug-likeness (QED) is 0.924. The van der Waals surface area contributed by atoms with E-state index in [1.165, 1.54) is 6.07 Å². The van der Waals surface area contributed by atoms with Crippen LogP contribution in [0.4, 0.5) is 0 Å². The smallest absolute Gasteiger partial charge is 0.335 e. The first-order valence-electron chi connectivity index (χ1n) is 5.78. The van der Waals surface area contributed by atoms with Gasteiger partial charge in [-0.3, -0.25) is 0 Å². The molecule has 0 saturated carbocycles. The lowest BCUT2D eigenvalue weighted by Gasteiger charge is -2.11. The van der Waals surface area contributed by atoms with Crippen molar-refractivity contribution in [3.05, 3.63) is 63.6 Å². The fourth-order valence-corrected chi connectivity index (χ4v) is 2.04. The van der Waals surface area contributed by atoms with E-state index in [1.807, 2.05) is 37.3 Å². The van der Waals surface area contributed by atoms with Crippen LogP contribution < -0.4 is 4.74 Å². The summed E-state index contributed by atoms with van der Waals surface area (Å²) in [5.41, 5.74) is 2.10. The first-order chi connectivity index (χ1) is 9.08. The van der Waals surface area contributed by atoms with Gasteiger partial charge in [0.05, 0.1) is 10.0 Å². The molecule has 0 aromatic heterocycles. The average molecular weight is 321 g/mol. The van der Waals surface area contributed by atoms with Gasteiger partial charge in [0.2, 0.25) is 0 Å². The lowest BCUT2D eigenvalue weighted by atomic mass is 10.1. The van der Waals surface area contributed by atoms with Gasteiger partial charge >= 0.3 is 5.97 Å². The Morgan fingerprint density at radius 2 is 1.95 bits per heavy atom. The third-order valence-electron chi connectivity index (χ3n) is 2.71. The standard InChI is InChI=1S/C15H13BrO3/c1-10-7-12(15(17)18)8-13(14(10)16)19-9-11-5-3-2-4-6-11/h2-8H,9H2,1H3,(H,17,18). The maximum atomic E-state index is 11.0. The van der Waals surface area contributed by atoms with Crippen molar-refractivity contribution in [3.63, 3.8) is 0 Å². The van der Waals surface area contributed by atoms with Crippen molar-refractivity contribution in [1.82, 2.24) is 0 Å². The number of rotatable bonds is 4. The highest BCUT2D eigenvalue weighted by Gasteiger charge is 2.11. The number of hydrogen-bond acceptors (Lipinski definition) is 2. The van der Waals surface area contributed by atoms with Crippen LogP contribution in [-0.4, -0.2) is 11.1 Å². The average Bonchev–Trinajstić information content (AvgIpc) is 2.41. The monoisotopic (exact) mass is 320 g/mol. The highest BCUT2D eigenvalue weighted by Crippen LogP contribution is 2.30. The van der Waals surface area contributed by atoms with Gasteiger partial charge in [0.25, 0.3) is 0 Å². The summed E-state index contributed by atoms with van der Waals surface area (Å²) in [7, 11) is 0. The summed E-state index contributed by atoms with van der Waals surface area (Å²) in [6, 6.07) is 12.9. The number of carboxylic acid groups (broad SMARTS) is 1. The van der Waals surface area contributed by atoms with E-state index in [4.69, 9.17) is 9.84 Å². The summed E-state index contributed by atoms with van der Waals surface area (Å²) in [5, 5.41) is 9.04.